The standard InChI is InChI=1S/C13H13F2NO2/c14-13(15)18-11-6-5-8-3-1-2-4-9(8)12(11)10(16)7-17/h1-6,10,13,17H,7,16H2/t10-/m1/s1. The van der Waals surface area contributed by atoms with Crippen LogP contribution in [0.2, 0.25) is 0 Å². The third kappa shape index (κ3) is 2.42. The van der Waals surface area contributed by atoms with E-state index >= 15 is 0 Å². The van der Waals surface area contributed by atoms with Crippen molar-refractivity contribution in [1.29, 1.82) is 0 Å². The van der Waals surface area contributed by atoms with E-state index in [1.54, 1.807) is 18.2 Å². The highest BCUT2D eigenvalue weighted by molar-refractivity contribution is 5.88. The van der Waals surface area contributed by atoms with Gasteiger partial charge in [-0.1, -0.05) is 30.3 Å². The van der Waals surface area contributed by atoms with Crippen molar-refractivity contribution in [2.24, 2.45) is 5.73 Å². The molecule has 0 aromatic heterocycles. The third-order valence-corrected chi connectivity index (χ3v) is 2.71. The molecule has 2 aromatic carbocycles. The van der Waals surface area contributed by atoms with E-state index in [0.717, 1.165) is 5.39 Å². The number of rotatable bonds is 4. The second-order valence-corrected chi connectivity index (χ2v) is 3.87. The Morgan fingerprint density at radius 1 is 1.17 bits per heavy atom. The zero-order valence-corrected chi connectivity index (χ0v) is 9.51. The van der Waals surface area contributed by atoms with Crippen molar-refractivity contribution in [2.75, 3.05) is 6.61 Å². The van der Waals surface area contributed by atoms with E-state index < -0.39 is 12.7 Å². The summed E-state index contributed by atoms with van der Waals surface area (Å²) < 4.78 is 29.1. The summed E-state index contributed by atoms with van der Waals surface area (Å²) in [6.07, 6.45) is 0. The molecule has 0 aliphatic carbocycles. The Morgan fingerprint density at radius 3 is 2.56 bits per heavy atom. The summed E-state index contributed by atoms with van der Waals surface area (Å²) in [4.78, 5) is 0. The molecule has 0 aliphatic rings. The van der Waals surface area contributed by atoms with Crippen LogP contribution in [0.25, 0.3) is 10.8 Å². The van der Waals surface area contributed by atoms with Gasteiger partial charge in [-0.2, -0.15) is 8.78 Å². The van der Waals surface area contributed by atoms with Gasteiger partial charge < -0.3 is 15.6 Å². The Balaban J connectivity index is 2.63. The Hall–Kier alpha value is -1.72. The molecule has 96 valence electrons. The largest absolute Gasteiger partial charge is 0.434 e. The minimum atomic E-state index is -2.92. The van der Waals surface area contributed by atoms with Crippen LogP contribution in [0.4, 0.5) is 8.78 Å². The summed E-state index contributed by atoms with van der Waals surface area (Å²) in [5.74, 6) is 0.00486. The predicted octanol–water partition coefficient (Wildman–Crippen LogP) is 2.43. The molecule has 0 unspecified atom stereocenters. The number of benzene rings is 2. The van der Waals surface area contributed by atoms with Gasteiger partial charge in [0, 0.05) is 5.56 Å². The third-order valence-electron chi connectivity index (χ3n) is 2.71. The molecule has 2 aromatic rings. The maximum atomic E-state index is 12.3. The number of ether oxygens (including phenoxy) is 1. The molecule has 3 N–H and O–H groups in total. The maximum Gasteiger partial charge on any atom is 0.387 e. The Bertz CT molecular complexity index is 546. The van der Waals surface area contributed by atoms with Crippen molar-refractivity contribution in [3.8, 4) is 5.75 Å². The van der Waals surface area contributed by atoms with E-state index in [1.165, 1.54) is 6.07 Å². The van der Waals surface area contributed by atoms with Crippen LogP contribution >= 0.6 is 0 Å². The number of hydrogen-bond donors (Lipinski definition) is 2. The average molecular weight is 253 g/mol. The van der Waals surface area contributed by atoms with Gasteiger partial charge in [-0.15, -0.1) is 0 Å². The number of fused-ring (bicyclic) bond motifs is 1. The van der Waals surface area contributed by atoms with Gasteiger partial charge in [0.15, 0.2) is 0 Å². The highest BCUT2D eigenvalue weighted by Gasteiger charge is 2.17. The maximum absolute atomic E-state index is 12.3. The molecular weight excluding hydrogens is 240 g/mol. The minimum absolute atomic E-state index is 0.00486. The van der Waals surface area contributed by atoms with Gasteiger partial charge in [-0.25, -0.2) is 0 Å². The van der Waals surface area contributed by atoms with Gasteiger partial charge in [-0.05, 0) is 16.8 Å². The molecule has 3 nitrogen and oxygen atoms in total. The van der Waals surface area contributed by atoms with Crippen molar-refractivity contribution < 1.29 is 18.6 Å². The number of aliphatic hydroxyl groups excluding tert-OH is 1. The van der Waals surface area contributed by atoms with E-state index in [0.29, 0.717) is 10.9 Å². The highest BCUT2D eigenvalue weighted by atomic mass is 19.3. The first-order chi connectivity index (χ1) is 8.63. The van der Waals surface area contributed by atoms with Crippen LogP contribution in [0.3, 0.4) is 0 Å². The smallest absolute Gasteiger partial charge is 0.387 e. The van der Waals surface area contributed by atoms with Crippen molar-refractivity contribution in [1.82, 2.24) is 0 Å². The normalized spacial score (nSPS) is 12.9. The molecule has 18 heavy (non-hydrogen) atoms. The first-order valence-electron chi connectivity index (χ1n) is 5.46. The molecule has 0 heterocycles. The molecule has 2 rings (SSSR count). The van der Waals surface area contributed by atoms with E-state index in [1.807, 2.05) is 12.1 Å². The van der Waals surface area contributed by atoms with Crippen LogP contribution in [0, 0.1) is 0 Å². The Kier molecular flexibility index (Phi) is 3.74. The number of hydrogen-bond acceptors (Lipinski definition) is 3. The zero-order chi connectivity index (χ0) is 13.1. The van der Waals surface area contributed by atoms with Crippen molar-refractivity contribution >= 4 is 10.8 Å². The molecule has 0 amide bonds. The Labute approximate surface area is 103 Å². The van der Waals surface area contributed by atoms with E-state index in [4.69, 9.17) is 10.8 Å². The summed E-state index contributed by atoms with van der Waals surface area (Å²) in [7, 11) is 0. The van der Waals surface area contributed by atoms with Gasteiger partial charge in [0.2, 0.25) is 0 Å². The van der Waals surface area contributed by atoms with Gasteiger partial charge >= 0.3 is 6.61 Å². The molecule has 0 aliphatic heterocycles. The van der Waals surface area contributed by atoms with Crippen LogP contribution in [-0.2, 0) is 0 Å². The minimum Gasteiger partial charge on any atom is -0.434 e. The number of aliphatic hydroxyl groups is 1. The van der Waals surface area contributed by atoms with Crippen molar-refractivity contribution in [2.45, 2.75) is 12.7 Å². The summed E-state index contributed by atoms with van der Waals surface area (Å²) in [6, 6.07) is 9.59. The summed E-state index contributed by atoms with van der Waals surface area (Å²) >= 11 is 0. The predicted molar refractivity (Wildman–Crippen MR) is 64.6 cm³/mol. The first kappa shape index (κ1) is 12.7. The number of halogens is 2. The summed E-state index contributed by atoms with van der Waals surface area (Å²) in [5.41, 5.74) is 6.16. The lowest BCUT2D eigenvalue weighted by Gasteiger charge is -2.17. The van der Waals surface area contributed by atoms with Crippen LogP contribution in [0.1, 0.15) is 11.6 Å². The van der Waals surface area contributed by atoms with Gasteiger partial charge in [-0.3, -0.25) is 0 Å². The quantitative estimate of drug-likeness (QED) is 0.879. The molecule has 0 fully saturated rings. The van der Waals surface area contributed by atoms with Crippen LogP contribution in [0.5, 0.6) is 5.75 Å². The Morgan fingerprint density at radius 2 is 1.89 bits per heavy atom. The molecule has 0 radical (unpaired) electrons. The lowest BCUT2D eigenvalue weighted by atomic mass is 9.98. The van der Waals surface area contributed by atoms with E-state index in [-0.39, 0.29) is 12.4 Å². The summed E-state index contributed by atoms with van der Waals surface area (Å²) in [5, 5.41) is 10.7. The first-order valence-corrected chi connectivity index (χ1v) is 5.46. The van der Waals surface area contributed by atoms with E-state index in [9.17, 15) is 8.78 Å². The molecular formula is C13H13F2NO2. The fourth-order valence-corrected chi connectivity index (χ4v) is 1.95. The number of nitrogens with two attached hydrogens (primary N) is 1. The molecule has 0 spiro atoms. The van der Waals surface area contributed by atoms with Crippen molar-refractivity contribution in [3.63, 3.8) is 0 Å². The van der Waals surface area contributed by atoms with Crippen LogP contribution in [0.15, 0.2) is 36.4 Å². The second-order valence-electron chi connectivity index (χ2n) is 3.87. The lowest BCUT2D eigenvalue weighted by molar-refractivity contribution is -0.0506. The van der Waals surface area contributed by atoms with E-state index in [2.05, 4.69) is 4.74 Å². The monoisotopic (exact) mass is 253 g/mol. The fraction of sp³-hybridized carbons (Fsp3) is 0.231. The van der Waals surface area contributed by atoms with Gasteiger partial charge in [0.25, 0.3) is 0 Å². The fourth-order valence-electron chi connectivity index (χ4n) is 1.95. The van der Waals surface area contributed by atoms with Crippen LogP contribution < -0.4 is 10.5 Å². The topological polar surface area (TPSA) is 55.5 Å². The number of alkyl halides is 2. The molecule has 0 saturated carbocycles. The van der Waals surface area contributed by atoms with Crippen LogP contribution in [-0.4, -0.2) is 18.3 Å². The second kappa shape index (κ2) is 5.29. The van der Waals surface area contributed by atoms with Crippen molar-refractivity contribution in [3.05, 3.63) is 42.0 Å². The van der Waals surface area contributed by atoms with Gasteiger partial charge in [0.05, 0.1) is 12.6 Å². The molecule has 0 saturated heterocycles. The molecule has 5 heteroatoms. The lowest BCUT2D eigenvalue weighted by Crippen LogP contribution is -2.17. The zero-order valence-electron chi connectivity index (χ0n) is 9.51. The molecule has 0 bridgehead atoms. The van der Waals surface area contributed by atoms with Gasteiger partial charge in [0.1, 0.15) is 5.75 Å². The average Bonchev–Trinajstić information content (AvgIpc) is 2.37. The SMILES string of the molecule is N[C@H](CO)c1c(OC(F)F)ccc2ccccc12. The summed E-state index contributed by atoms with van der Waals surface area (Å²) in [6.45, 7) is -3.26. The molecule has 1 atom stereocenters. The highest BCUT2D eigenvalue weighted by Crippen LogP contribution is 2.32.